The molecule has 1 fully saturated rings. The van der Waals surface area contributed by atoms with Crippen LogP contribution in [-0.2, 0) is 19.2 Å². The van der Waals surface area contributed by atoms with E-state index in [1.807, 2.05) is 0 Å². The third kappa shape index (κ3) is 1.95. The maximum atomic E-state index is 11.3. The van der Waals surface area contributed by atoms with Crippen molar-refractivity contribution in [3.05, 3.63) is 0 Å². The highest BCUT2D eigenvalue weighted by atomic mass is 16.2. The number of ketones is 4. The van der Waals surface area contributed by atoms with Gasteiger partial charge in [-0.15, -0.1) is 0 Å². The summed E-state index contributed by atoms with van der Waals surface area (Å²) in [5.41, 5.74) is 0. The van der Waals surface area contributed by atoms with Crippen molar-refractivity contribution in [3.63, 3.8) is 0 Å². The predicted molar refractivity (Wildman–Crippen MR) is 47.6 cm³/mol. The first kappa shape index (κ1) is 10.8. The third-order valence-electron chi connectivity index (χ3n) is 2.58. The van der Waals surface area contributed by atoms with E-state index in [4.69, 9.17) is 0 Å². The van der Waals surface area contributed by atoms with Crippen molar-refractivity contribution in [2.24, 2.45) is 11.8 Å². The van der Waals surface area contributed by atoms with Gasteiger partial charge in [0.25, 0.3) is 0 Å². The van der Waals surface area contributed by atoms with Crippen LogP contribution in [0.1, 0.15) is 26.7 Å². The van der Waals surface area contributed by atoms with Gasteiger partial charge in [-0.25, -0.2) is 0 Å². The number of rotatable bonds is 2. The molecule has 1 aliphatic carbocycles. The summed E-state index contributed by atoms with van der Waals surface area (Å²) in [7, 11) is 0. The Bertz CT molecular complexity index is 286. The van der Waals surface area contributed by atoms with Gasteiger partial charge >= 0.3 is 0 Å². The topological polar surface area (TPSA) is 68.3 Å². The van der Waals surface area contributed by atoms with Gasteiger partial charge in [0.15, 0.2) is 11.6 Å². The molecule has 0 radical (unpaired) electrons. The SMILES string of the molecule is CC(=O)C1CC(C(C)=O)C(=O)CC1=O. The average molecular weight is 196 g/mol. The highest BCUT2D eigenvalue weighted by Gasteiger charge is 2.38. The molecular formula is C10H12O4. The van der Waals surface area contributed by atoms with Gasteiger partial charge in [0.2, 0.25) is 0 Å². The van der Waals surface area contributed by atoms with Crippen molar-refractivity contribution >= 4 is 23.1 Å². The molecule has 0 bridgehead atoms. The van der Waals surface area contributed by atoms with Crippen molar-refractivity contribution in [1.82, 2.24) is 0 Å². The summed E-state index contributed by atoms with van der Waals surface area (Å²) in [4.78, 5) is 44.6. The zero-order chi connectivity index (χ0) is 10.9. The van der Waals surface area contributed by atoms with Crippen LogP contribution >= 0.6 is 0 Å². The number of carbonyl (C=O) groups is 4. The van der Waals surface area contributed by atoms with E-state index in [1.165, 1.54) is 13.8 Å². The fraction of sp³-hybridized carbons (Fsp3) is 0.600. The van der Waals surface area contributed by atoms with E-state index < -0.39 is 11.8 Å². The Balaban J connectivity index is 2.86. The summed E-state index contributed by atoms with van der Waals surface area (Å²) in [6.07, 6.45) is -0.198. The zero-order valence-electron chi connectivity index (χ0n) is 8.20. The molecule has 0 aliphatic heterocycles. The van der Waals surface area contributed by atoms with Gasteiger partial charge in [0, 0.05) is 0 Å². The molecule has 0 saturated heterocycles. The van der Waals surface area contributed by atoms with Crippen molar-refractivity contribution in [3.8, 4) is 0 Å². The Labute approximate surface area is 81.7 Å². The molecule has 1 saturated carbocycles. The van der Waals surface area contributed by atoms with Crippen LogP contribution in [0.5, 0.6) is 0 Å². The Kier molecular flexibility index (Phi) is 2.93. The lowest BCUT2D eigenvalue weighted by molar-refractivity contribution is -0.142. The first-order chi connectivity index (χ1) is 6.43. The van der Waals surface area contributed by atoms with Crippen molar-refractivity contribution in [2.75, 3.05) is 0 Å². The molecule has 0 aromatic heterocycles. The molecule has 0 aromatic rings. The Hall–Kier alpha value is -1.32. The average Bonchev–Trinajstić information content (AvgIpc) is 2.02. The summed E-state index contributed by atoms with van der Waals surface area (Å²) < 4.78 is 0. The van der Waals surface area contributed by atoms with Crippen molar-refractivity contribution in [1.29, 1.82) is 0 Å². The molecule has 1 aliphatic rings. The first-order valence-corrected chi connectivity index (χ1v) is 4.49. The maximum absolute atomic E-state index is 11.3. The standard InChI is InChI=1S/C10H12O4/c1-5(11)7-3-8(6(2)12)10(14)4-9(7)13/h7-8H,3-4H2,1-2H3. The summed E-state index contributed by atoms with van der Waals surface area (Å²) in [5.74, 6) is -2.70. The van der Waals surface area contributed by atoms with Crippen molar-refractivity contribution < 1.29 is 19.2 Å². The fourth-order valence-corrected chi connectivity index (χ4v) is 1.70. The minimum atomic E-state index is -0.749. The van der Waals surface area contributed by atoms with Gasteiger partial charge in [-0.1, -0.05) is 0 Å². The van der Waals surface area contributed by atoms with E-state index in [2.05, 4.69) is 0 Å². The van der Waals surface area contributed by atoms with Gasteiger partial charge in [0.05, 0.1) is 18.3 Å². The van der Waals surface area contributed by atoms with Crippen LogP contribution < -0.4 is 0 Å². The molecule has 0 amide bonds. The van der Waals surface area contributed by atoms with E-state index >= 15 is 0 Å². The van der Waals surface area contributed by atoms with Gasteiger partial charge < -0.3 is 0 Å². The molecule has 76 valence electrons. The second-order valence-corrected chi connectivity index (χ2v) is 3.67. The number of hydrogen-bond donors (Lipinski definition) is 0. The zero-order valence-corrected chi connectivity index (χ0v) is 8.20. The molecule has 2 atom stereocenters. The van der Waals surface area contributed by atoms with Crippen LogP contribution in [0.15, 0.2) is 0 Å². The van der Waals surface area contributed by atoms with E-state index in [-0.39, 0.29) is 36.0 Å². The molecular weight excluding hydrogens is 184 g/mol. The van der Waals surface area contributed by atoms with Crippen LogP contribution in [0.3, 0.4) is 0 Å². The maximum Gasteiger partial charge on any atom is 0.150 e. The third-order valence-corrected chi connectivity index (χ3v) is 2.58. The molecule has 4 nitrogen and oxygen atoms in total. The minimum Gasteiger partial charge on any atom is -0.299 e. The molecule has 2 unspecified atom stereocenters. The lowest BCUT2D eigenvalue weighted by Crippen LogP contribution is -2.38. The lowest BCUT2D eigenvalue weighted by Gasteiger charge is -2.23. The molecule has 0 spiro atoms. The first-order valence-electron chi connectivity index (χ1n) is 4.49. The Morgan fingerprint density at radius 3 is 1.64 bits per heavy atom. The highest BCUT2D eigenvalue weighted by Crippen LogP contribution is 2.25. The second-order valence-electron chi connectivity index (χ2n) is 3.67. The molecule has 14 heavy (non-hydrogen) atoms. The monoisotopic (exact) mass is 196 g/mol. The van der Waals surface area contributed by atoms with Crippen LogP contribution in [0.4, 0.5) is 0 Å². The van der Waals surface area contributed by atoms with E-state index in [0.717, 1.165) is 0 Å². The Morgan fingerprint density at radius 1 is 1.00 bits per heavy atom. The summed E-state index contributed by atoms with van der Waals surface area (Å²) >= 11 is 0. The normalized spacial score (nSPS) is 27.6. The smallest absolute Gasteiger partial charge is 0.150 e. The van der Waals surface area contributed by atoms with Crippen molar-refractivity contribution in [2.45, 2.75) is 26.7 Å². The number of Topliss-reactive ketones (excluding diaryl/α,β-unsaturated/α-hetero) is 4. The second kappa shape index (κ2) is 3.82. The van der Waals surface area contributed by atoms with E-state index in [0.29, 0.717) is 0 Å². The van der Waals surface area contributed by atoms with Gasteiger partial charge in [-0.2, -0.15) is 0 Å². The van der Waals surface area contributed by atoms with Crippen LogP contribution in [0, 0.1) is 11.8 Å². The molecule has 0 N–H and O–H groups in total. The van der Waals surface area contributed by atoms with Crippen LogP contribution in [0.2, 0.25) is 0 Å². The lowest BCUT2D eigenvalue weighted by atomic mass is 9.76. The number of carbonyl (C=O) groups excluding carboxylic acids is 4. The minimum absolute atomic E-state index is 0.0718. The van der Waals surface area contributed by atoms with E-state index in [9.17, 15) is 19.2 Å². The highest BCUT2D eigenvalue weighted by molar-refractivity contribution is 6.16. The fourth-order valence-electron chi connectivity index (χ4n) is 1.70. The van der Waals surface area contributed by atoms with Gasteiger partial charge in [-0.05, 0) is 20.3 Å². The molecule has 0 heterocycles. The largest absolute Gasteiger partial charge is 0.299 e. The Morgan fingerprint density at radius 2 is 1.36 bits per heavy atom. The molecule has 1 rings (SSSR count). The molecule has 0 aromatic carbocycles. The quantitative estimate of drug-likeness (QED) is 0.597. The van der Waals surface area contributed by atoms with Crippen LogP contribution in [-0.4, -0.2) is 23.1 Å². The molecule has 4 heteroatoms. The predicted octanol–water partition coefficient (Wildman–Crippen LogP) is 0.329. The van der Waals surface area contributed by atoms with Gasteiger partial charge in [0.1, 0.15) is 11.6 Å². The summed E-state index contributed by atoms with van der Waals surface area (Å²) in [5, 5.41) is 0. The van der Waals surface area contributed by atoms with E-state index in [1.54, 1.807) is 0 Å². The number of hydrogen-bond acceptors (Lipinski definition) is 4. The van der Waals surface area contributed by atoms with Gasteiger partial charge in [-0.3, -0.25) is 19.2 Å². The summed E-state index contributed by atoms with van der Waals surface area (Å²) in [6.45, 7) is 2.63. The van der Waals surface area contributed by atoms with Crippen LogP contribution in [0.25, 0.3) is 0 Å². The summed E-state index contributed by atoms with van der Waals surface area (Å²) in [6, 6.07) is 0.